The van der Waals surface area contributed by atoms with Crippen LogP contribution in [0.15, 0.2) is 6.07 Å². The number of alkyl halides is 2. The summed E-state index contributed by atoms with van der Waals surface area (Å²) in [7, 11) is 1.22. The first-order valence-corrected chi connectivity index (χ1v) is 4.50. The number of methoxy groups -OCH3 is 1. The Morgan fingerprint density at radius 1 is 1.62 bits per heavy atom. The number of carboxylic acid groups (broad SMARTS) is 1. The monoisotopic (exact) mass is 231 g/mol. The zero-order valence-corrected chi connectivity index (χ0v) is 8.83. The molecule has 0 aliphatic carbocycles. The smallest absolute Gasteiger partial charge is 0.307 e. The number of carboxylic acids is 1. The Morgan fingerprint density at radius 3 is 2.69 bits per heavy atom. The van der Waals surface area contributed by atoms with Crippen molar-refractivity contribution in [3.63, 3.8) is 0 Å². The molecule has 0 radical (unpaired) electrons. The summed E-state index contributed by atoms with van der Waals surface area (Å²) in [6, 6.07) is 1.33. The second-order valence-corrected chi connectivity index (χ2v) is 3.22. The number of pyridine rings is 1. The molecule has 0 amide bonds. The number of aromatic nitrogens is 1. The average Bonchev–Trinajstić information content (AvgIpc) is 2.14. The molecule has 0 aliphatic rings. The minimum atomic E-state index is -2.81. The Bertz CT molecular complexity index is 407. The van der Waals surface area contributed by atoms with Crippen molar-refractivity contribution in [1.82, 2.24) is 4.98 Å². The second-order valence-electron chi connectivity index (χ2n) is 3.22. The van der Waals surface area contributed by atoms with Crippen molar-refractivity contribution < 1.29 is 23.4 Å². The molecule has 1 aromatic rings. The van der Waals surface area contributed by atoms with E-state index in [0.717, 1.165) is 0 Å². The van der Waals surface area contributed by atoms with Crippen LogP contribution in [-0.4, -0.2) is 23.2 Å². The van der Waals surface area contributed by atoms with Gasteiger partial charge in [-0.3, -0.25) is 4.79 Å². The normalized spacial score (nSPS) is 10.6. The predicted octanol–water partition coefficient (Wildman–Crippen LogP) is 1.96. The number of ether oxygens (including phenoxy) is 1. The highest BCUT2D eigenvalue weighted by atomic mass is 19.3. The van der Waals surface area contributed by atoms with Crippen molar-refractivity contribution in [3.05, 3.63) is 22.9 Å². The van der Waals surface area contributed by atoms with Crippen LogP contribution in [0.5, 0.6) is 5.88 Å². The molecule has 6 heteroatoms. The van der Waals surface area contributed by atoms with Gasteiger partial charge in [-0.2, -0.15) is 0 Å². The summed E-state index contributed by atoms with van der Waals surface area (Å²) in [5.41, 5.74) is 0.0276. The van der Waals surface area contributed by atoms with E-state index in [1.54, 1.807) is 6.92 Å². The zero-order valence-electron chi connectivity index (χ0n) is 8.83. The predicted molar refractivity (Wildman–Crippen MR) is 51.8 cm³/mol. The maximum Gasteiger partial charge on any atom is 0.307 e. The fourth-order valence-corrected chi connectivity index (χ4v) is 1.42. The standard InChI is InChI=1S/C10H11F2NO3/c1-5-3-6(4-7(14)15)8(9(11)12)10(13-5)16-2/h3,9H,4H2,1-2H3,(H,14,15). The molecule has 0 saturated carbocycles. The topological polar surface area (TPSA) is 59.4 Å². The molecule has 88 valence electrons. The Balaban J connectivity index is 3.32. The van der Waals surface area contributed by atoms with Crippen molar-refractivity contribution >= 4 is 5.97 Å². The first-order chi connectivity index (χ1) is 7.45. The molecule has 1 aromatic heterocycles. The van der Waals surface area contributed by atoms with Gasteiger partial charge in [-0.15, -0.1) is 0 Å². The van der Waals surface area contributed by atoms with E-state index in [2.05, 4.69) is 4.98 Å². The van der Waals surface area contributed by atoms with Crippen molar-refractivity contribution in [2.45, 2.75) is 19.8 Å². The second kappa shape index (κ2) is 4.87. The lowest BCUT2D eigenvalue weighted by atomic mass is 10.1. The van der Waals surface area contributed by atoms with Crippen LogP contribution in [-0.2, 0) is 11.2 Å². The fourth-order valence-electron chi connectivity index (χ4n) is 1.42. The number of carbonyl (C=O) groups is 1. The van der Waals surface area contributed by atoms with Gasteiger partial charge in [0.25, 0.3) is 6.43 Å². The number of hydrogen-bond donors (Lipinski definition) is 1. The molecular formula is C10H11F2NO3. The van der Waals surface area contributed by atoms with Gasteiger partial charge < -0.3 is 9.84 Å². The third-order valence-electron chi connectivity index (χ3n) is 1.99. The summed E-state index contributed by atoms with van der Waals surface area (Å²) >= 11 is 0. The van der Waals surface area contributed by atoms with Gasteiger partial charge in [0.05, 0.1) is 19.1 Å². The molecular weight excluding hydrogens is 220 g/mol. The molecule has 0 unspecified atom stereocenters. The van der Waals surface area contributed by atoms with Gasteiger partial charge in [0.1, 0.15) is 0 Å². The van der Waals surface area contributed by atoms with Gasteiger partial charge in [0.15, 0.2) is 0 Å². The lowest BCUT2D eigenvalue weighted by Gasteiger charge is -2.12. The van der Waals surface area contributed by atoms with Gasteiger partial charge in [-0.1, -0.05) is 0 Å². The molecule has 1 N–H and O–H groups in total. The van der Waals surface area contributed by atoms with Crippen LogP contribution in [0.1, 0.15) is 23.2 Å². The van der Waals surface area contributed by atoms with Gasteiger partial charge in [0, 0.05) is 5.69 Å². The van der Waals surface area contributed by atoms with E-state index in [-0.39, 0.29) is 11.4 Å². The van der Waals surface area contributed by atoms with E-state index < -0.39 is 24.4 Å². The highest BCUT2D eigenvalue weighted by Gasteiger charge is 2.22. The van der Waals surface area contributed by atoms with E-state index >= 15 is 0 Å². The minimum Gasteiger partial charge on any atom is -0.481 e. The molecule has 0 atom stereocenters. The largest absolute Gasteiger partial charge is 0.481 e. The van der Waals surface area contributed by atoms with E-state index in [9.17, 15) is 13.6 Å². The molecule has 1 rings (SSSR count). The quantitative estimate of drug-likeness (QED) is 0.860. The summed E-state index contributed by atoms with van der Waals surface area (Å²) in [5, 5.41) is 8.62. The van der Waals surface area contributed by atoms with Crippen LogP contribution in [0, 0.1) is 6.92 Å². The highest BCUT2D eigenvalue weighted by Crippen LogP contribution is 2.31. The zero-order chi connectivity index (χ0) is 12.3. The summed E-state index contributed by atoms with van der Waals surface area (Å²) in [6.45, 7) is 1.59. The van der Waals surface area contributed by atoms with Crippen LogP contribution in [0.4, 0.5) is 8.78 Å². The van der Waals surface area contributed by atoms with Gasteiger partial charge in [0.2, 0.25) is 5.88 Å². The first-order valence-electron chi connectivity index (χ1n) is 4.50. The van der Waals surface area contributed by atoms with Gasteiger partial charge >= 0.3 is 5.97 Å². The van der Waals surface area contributed by atoms with Crippen LogP contribution >= 0.6 is 0 Å². The van der Waals surface area contributed by atoms with Crippen LogP contribution in [0.2, 0.25) is 0 Å². The van der Waals surface area contributed by atoms with Gasteiger partial charge in [-0.05, 0) is 18.6 Å². The van der Waals surface area contributed by atoms with Crippen LogP contribution in [0.25, 0.3) is 0 Å². The molecule has 4 nitrogen and oxygen atoms in total. The fraction of sp³-hybridized carbons (Fsp3) is 0.400. The van der Waals surface area contributed by atoms with E-state index in [1.807, 2.05) is 0 Å². The number of halogens is 2. The molecule has 0 spiro atoms. The number of aliphatic carboxylic acids is 1. The number of hydrogen-bond acceptors (Lipinski definition) is 3. The molecule has 0 saturated heterocycles. The first kappa shape index (κ1) is 12.4. The summed E-state index contributed by atoms with van der Waals surface area (Å²) in [4.78, 5) is 14.3. The number of aryl methyl sites for hydroxylation is 1. The lowest BCUT2D eigenvalue weighted by molar-refractivity contribution is -0.136. The van der Waals surface area contributed by atoms with Crippen LogP contribution in [0.3, 0.4) is 0 Å². The van der Waals surface area contributed by atoms with Crippen molar-refractivity contribution in [2.24, 2.45) is 0 Å². The third-order valence-corrected chi connectivity index (χ3v) is 1.99. The molecule has 0 bridgehead atoms. The third kappa shape index (κ3) is 2.65. The average molecular weight is 231 g/mol. The Morgan fingerprint density at radius 2 is 2.25 bits per heavy atom. The van der Waals surface area contributed by atoms with Crippen molar-refractivity contribution in [3.8, 4) is 5.88 Å². The van der Waals surface area contributed by atoms with Gasteiger partial charge in [-0.25, -0.2) is 13.8 Å². The maximum atomic E-state index is 12.7. The Labute approximate surface area is 90.9 Å². The van der Waals surface area contributed by atoms with Crippen molar-refractivity contribution in [1.29, 1.82) is 0 Å². The van der Waals surface area contributed by atoms with Crippen LogP contribution < -0.4 is 4.74 Å². The molecule has 16 heavy (non-hydrogen) atoms. The number of rotatable bonds is 4. The molecule has 0 fully saturated rings. The minimum absolute atomic E-state index is 0.0341. The van der Waals surface area contributed by atoms with Crippen molar-refractivity contribution in [2.75, 3.05) is 7.11 Å². The SMILES string of the molecule is COc1nc(C)cc(CC(=O)O)c1C(F)F. The Kier molecular flexibility index (Phi) is 3.76. The van der Waals surface area contributed by atoms with E-state index in [4.69, 9.17) is 9.84 Å². The summed E-state index contributed by atoms with van der Waals surface area (Å²) < 4.78 is 30.2. The maximum absolute atomic E-state index is 12.7. The number of nitrogens with zero attached hydrogens (tertiary/aromatic N) is 1. The van der Waals surface area contributed by atoms with E-state index in [0.29, 0.717) is 5.69 Å². The Hall–Kier alpha value is -1.72. The lowest BCUT2D eigenvalue weighted by Crippen LogP contribution is -2.08. The van der Waals surface area contributed by atoms with E-state index in [1.165, 1.54) is 13.2 Å². The molecule has 1 heterocycles. The summed E-state index contributed by atoms with van der Waals surface area (Å²) in [5.74, 6) is -1.39. The molecule has 0 aromatic carbocycles. The summed E-state index contributed by atoms with van der Waals surface area (Å²) in [6.07, 6.45) is -3.28. The highest BCUT2D eigenvalue weighted by molar-refractivity contribution is 5.71. The molecule has 0 aliphatic heterocycles.